The Labute approximate surface area is 215 Å². The Morgan fingerprint density at radius 2 is 1.89 bits per heavy atom. The minimum Gasteiger partial charge on any atom is -0.300 e. The number of nitrogens with one attached hydrogen (secondary N) is 1. The first-order chi connectivity index (χ1) is 17.2. The molecule has 0 saturated heterocycles. The van der Waals surface area contributed by atoms with Gasteiger partial charge in [0, 0.05) is 28.5 Å². The average Bonchev–Trinajstić information content (AvgIpc) is 2.99. The maximum atomic E-state index is 13.8. The molecule has 0 radical (unpaired) electrons. The van der Waals surface area contributed by atoms with Gasteiger partial charge in [0.05, 0.1) is 11.4 Å². The Balaban J connectivity index is 1.77. The van der Waals surface area contributed by atoms with Crippen LogP contribution in [0.25, 0.3) is 0 Å². The molecule has 0 bridgehead atoms. The molecular weight excluding hydrogens is 500 g/mol. The van der Waals surface area contributed by atoms with Crippen molar-refractivity contribution in [2.24, 2.45) is 10.9 Å². The Kier molecular flexibility index (Phi) is 7.51. The van der Waals surface area contributed by atoms with Crippen LogP contribution >= 0.6 is 11.6 Å². The van der Waals surface area contributed by atoms with Crippen molar-refractivity contribution < 1.29 is 18.0 Å². The number of aliphatic imine (C=N–C) groups is 1. The van der Waals surface area contributed by atoms with Crippen molar-refractivity contribution in [3.05, 3.63) is 89.2 Å². The molecule has 8 nitrogen and oxygen atoms in total. The van der Waals surface area contributed by atoms with Gasteiger partial charge in [0.15, 0.2) is 0 Å². The molecule has 2 atom stereocenters. The first-order valence-electron chi connectivity index (χ1n) is 11.4. The van der Waals surface area contributed by atoms with Crippen LogP contribution in [-0.2, 0) is 19.6 Å². The molecule has 0 fully saturated rings. The van der Waals surface area contributed by atoms with Gasteiger partial charge in [0.1, 0.15) is 17.5 Å². The van der Waals surface area contributed by atoms with Gasteiger partial charge in [-0.05, 0) is 36.2 Å². The molecule has 1 unspecified atom stereocenters. The number of halogens is 1. The summed E-state index contributed by atoms with van der Waals surface area (Å²) >= 11 is 6.33. The normalized spacial score (nSPS) is 16.5. The molecule has 36 heavy (non-hydrogen) atoms. The van der Waals surface area contributed by atoms with Gasteiger partial charge < -0.3 is 4.90 Å². The lowest BCUT2D eigenvalue weighted by atomic mass is 9.98. The van der Waals surface area contributed by atoms with Gasteiger partial charge in [0.25, 0.3) is 21.8 Å². The molecule has 186 valence electrons. The van der Waals surface area contributed by atoms with E-state index in [1.54, 1.807) is 18.2 Å². The van der Waals surface area contributed by atoms with Crippen LogP contribution in [0.1, 0.15) is 31.4 Å². The summed E-state index contributed by atoms with van der Waals surface area (Å²) in [5.41, 5.74) is 2.38. The number of benzene rings is 2. The maximum absolute atomic E-state index is 13.8. The number of hydrogen-bond donors (Lipinski definition) is 1. The zero-order valence-corrected chi connectivity index (χ0v) is 21.3. The largest absolute Gasteiger partial charge is 0.300 e. The van der Waals surface area contributed by atoms with Crippen LogP contribution in [-0.4, -0.2) is 43.5 Å². The summed E-state index contributed by atoms with van der Waals surface area (Å²) < 4.78 is 27.4. The van der Waals surface area contributed by atoms with E-state index in [2.05, 4.69) is 4.98 Å². The lowest BCUT2D eigenvalue weighted by molar-refractivity contribution is -0.124. The first-order valence-corrected chi connectivity index (χ1v) is 13.3. The van der Waals surface area contributed by atoms with E-state index >= 15 is 0 Å². The van der Waals surface area contributed by atoms with E-state index < -0.39 is 34.4 Å². The summed E-state index contributed by atoms with van der Waals surface area (Å²) in [6, 6.07) is 16.4. The summed E-state index contributed by atoms with van der Waals surface area (Å²) in [6.45, 7) is 3.36. The second kappa shape index (κ2) is 10.6. The lowest BCUT2D eigenvalue weighted by Gasteiger charge is -2.26. The fourth-order valence-corrected chi connectivity index (χ4v) is 5.06. The predicted molar refractivity (Wildman–Crippen MR) is 139 cm³/mol. The number of benzodiazepines with no additional fused rings is 1. The van der Waals surface area contributed by atoms with E-state index in [1.807, 2.05) is 48.9 Å². The Bertz CT molecular complexity index is 1410. The minimum absolute atomic E-state index is 0.134. The van der Waals surface area contributed by atoms with Crippen molar-refractivity contribution in [2.75, 3.05) is 11.4 Å². The zero-order valence-electron chi connectivity index (χ0n) is 19.8. The van der Waals surface area contributed by atoms with Crippen LogP contribution in [0.4, 0.5) is 5.69 Å². The van der Waals surface area contributed by atoms with Crippen molar-refractivity contribution >= 4 is 44.8 Å². The molecule has 2 heterocycles. The molecule has 1 aliphatic heterocycles. The number of fused-ring (bicyclic) bond motifs is 1. The second-order valence-electron chi connectivity index (χ2n) is 8.48. The smallest absolute Gasteiger partial charge is 0.265 e. The standard InChI is InChI=1S/C26H25ClN4O4S/c1-3-17(2)24-26(33)31(16-23(32)30-36(34,35)20-10-7-13-28-15-20)22-12-11-19(27)14-21(22)25(29-24)18-8-5-4-6-9-18/h4-15,17,24H,3,16H2,1-2H3,(H,30,32)/t17?,24-/m0/s1. The monoisotopic (exact) mass is 524 g/mol. The molecule has 2 amide bonds. The number of pyridine rings is 1. The van der Waals surface area contributed by atoms with E-state index in [0.717, 1.165) is 11.8 Å². The number of rotatable bonds is 7. The zero-order chi connectivity index (χ0) is 25.9. The third-order valence-electron chi connectivity index (χ3n) is 6.02. The van der Waals surface area contributed by atoms with E-state index in [0.29, 0.717) is 28.4 Å². The highest BCUT2D eigenvalue weighted by atomic mass is 35.5. The molecular formula is C26H25ClN4O4S. The minimum atomic E-state index is -4.16. The average molecular weight is 525 g/mol. The Morgan fingerprint density at radius 1 is 1.14 bits per heavy atom. The van der Waals surface area contributed by atoms with Crippen molar-refractivity contribution in [3.8, 4) is 0 Å². The molecule has 1 aromatic heterocycles. The van der Waals surface area contributed by atoms with E-state index in [4.69, 9.17) is 16.6 Å². The van der Waals surface area contributed by atoms with E-state index in [-0.39, 0.29) is 10.8 Å². The van der Waals surface area contributed by atoms with E-state index in [9.17, 15) is 18.0 Å². The highest BCUT2D eigenvalue weighted by Crippen LogP contribution is 2.33. The lowest BCUT2D eigenvalue weighted by Crippen LogP contribution is -2.47. The fourth-order valence-electron chi connectivity index (χ4n) is 3.95. The second-order valence-corrected chi connectivity index (χ2v) is 10.6. The van der Waals surface area contributed by atoms with Gasteiger partial charge in [-0.25, -0.2) is 13.1 Å². The van der Waals surface area contributed by atoms with Crippen LogP contribution in [0.5, 0.6) is 0 Å². The summed E-state index contributed by atoms with van der Waals surface area (Å²) in [5, 5.41) is 0.440. The topological polar surface area (TPSA) is 109 Å². The van der Waals surface area contributed by atoms with Crippen molar-refractivity contribution in [1.82, 2.24) is 9.71 Å². The van der Waals surface area contributed by atoms with Gasteiger partial charge in [0.2, 0.25) is 0 Å². The van der Waals surface area contributed by atoms with Gasteiger partial charge in [-0.1, -0.05) is 62.2 Å². The van der Waals surface area contributed by atoms with Gasteiger partial charge in [-0.15, -0.1) is 0 Å². The molecule has 1 aliphatic rings. The van der Waals surface area contributed by atoms with Gasteiger partial charge >= 0.3 is 0 Å². The number of carbonyl (C=O) groups excluding carboxylic acids is 2. The summed E-state index contributed by atoms with van der Waals surface area (Å²) in [7, 11) is -4.16. The number of hydrogen-bond acceptors (Lipinski definition) is 6. The number of nitrogens with zero attached hydrogens (tertiary/aromatic N) is 3. The number of amides is 2. The number of sulfonamides is 1. The Morgan fingerprint density at radius 3 is 2.56 bits per heavy atom. The van der Waals surface area contributed by atoms with Crippen LogP contribution < -0.4 is 9.62 Å². The third kappa shape index (κ3) is 5.32. The van der Waals surface area contributed by atoms with Crippen molar-refractivity contribution in [2.45, 2.75) is 31.2 Å². The van der Waals surface area contributed by atoms with Gasteiger partial charge in [-0.2, -0.15) is 0 Å². The molecule has 3 aromatic rings. The molecule has 2 aromatic carbocycles. The molecule has 0 aliphatic carbocycles. The SMILES string of the molecule is CCC(C)[C@@H]1N=C(c2ccccc2)c2cc(Cl)ccc2N(CC(=O)NS(=O)(=O)c2cccnc2)C1=O. The van der Waals surface area contributed by atoms with Crippen LogP contribution in [0.15, 0.2) is 82.9 Å². The summed E-state index contributed by atoms with van der Waals surface area (Å²) in [4.78, 5) is 36.5. The predicted octanol–water partition coefficient (Wildman–Crippen LogP) is 3.84. The molecule has 4 rings (SSSR count). The van der Waals surface area contributed by atoms with Gasteiger partial charge in [-0.3, -0.25) is 19.6 Å². The summed E-state index contributed by atoms with van der Waals surface area (Å²) in [6.07, 6.45) is 3.25. The molecule has 1 N–H and O–H groups in total. The summed E-state index contributed by atoms with van der Waals surface area (Å²) in [5.74, 6) is -1.39. The van der Waals surface area contributed by atoms with Crippen LogP contribution in [0, 0.1) is 5.92 Å². The molecule has 0 spiro atoms. The number of carbonyl (C=O) groups is 2. The molecule has 10 heteroatoms. The van der Waals surface area contributed by atoms with Crippen LogP contribution in [0.2, 0.25) is 5.02 Å². The first kappa shape index (κ1) is 25.5. The number of aromatic nitrogens is 1. The third-order valence-corrected chi connectivity index (χ3v) is 7.61. The maximum Gasteiger partial charge on any atom is 0.265 e. The van der Waals surface area contributed by atoms with Crippen LogP contribution in [0.3, 0.4) is 0 Å². The fraction of sp³-hybridized carbons (Fsp3) is 0.231. The quantitative estimate of drug-likeness (QED) is 0.505. The number of anilines is 1. The highest BCUT2D eigenvalue weighted by molar-refractivity contribution is 7.90. The van der Waals surface area contributed by atoms with Crippen molar-refractivity contribution in [1.29, 1.82) is 0 Å². The molecule has 0 saturated carbocycles. The highest BCUT2D eigenvalue weighted by Gasteiger charge is 2.36. The van der Waals surface area contributed by atoms with E-state index in [1.165, 1.54) is 23.2 Å². The van der Waals surface area contributed by atoms with Crippen molar-refractivity contribution in [3.63, 3.8) is 0 Å². The Hall–Kier alpha value is -3.56.